The molecule has 144 valence electrons. The van der Waals surface area contributed by atoms with Gasteiger partial charge in [-0.15, -0.1) is 10.2 Å². The Morgan fingerprint density at radius 3 is 2.79 bits per heavy atom. The minimum Gasteiger partial charge on any atom is -0.450 e. The summed E-state index contributed by atoms with van der Waals surface area (Å²) in [4.78, 5) is 32.6. The van der Waals surface area contributed by atoms with Gasteiger partial charge < -0.3 is 4.42 Å². The van der Waals surface area contributed by atoms with Crippen LogP contribution in [0.2, 0.25) is 0 Å². The molecule has 29 heavy (non-hydrogen) atoms. The predicted molar refractivity (Wildman–Crippen MR) is 112 cm³/mol. The molecule has 3 aromatic heterocycles. The van der Waals surface area contributed by atoms with Gasteiger partial charge in [-0.25, -0.2) is 0 Å². The number of fused-ring (bicyclic) bond motifs is 2. The number of hydrogen-bond donors (Lipinski definition) is 0. The van der Waals surface area contributed by atoms with Crippen molar-refractivity contribution in [2.75, 3.05) is 4.90 Å². The topological polar surface area (TPSA) is 89.2 Å². The Labute approximate surface area is 177 Å². The Kier molecular flexibility index (Phi) is 4.29. The molecule has 0 saturated heterocycles. The zero-order valence-electron chi connectivity index (χ0n) is 15.1. The van der Waals surface area contributed by atoms with Crippen LogP contribution in [-0.4, -0.2) is 21.1 Å². The molecule has 7 nitrogen and oxygen atoms in total. The van der Waals surface area contributed by atoms with Crippen LogP contribution < -0.4 is 10.3 Å². The minimum atomic E-state index is -0.726. The lowest BCUT2D eigenvalue weighted by Crippen LogP contribution is -2.30. The first-order valence-corrected chi connectivity index (χ1v) is 10.5. The van der Waals surface area contributed by atoms with Crippen molar-refractivity contribution in [1.29, 1.82) is 0 Å². The minimum absolute atomic E-state index is 0.0220. The molecule has 0 fully saturated rings. The van der Waals surface area contributed by atoms with E-state index in [0.29, 0.717) is 28.2 Å². The van der Waals surface area contributed by atoms with Crippen molar-refractivity contribution >= 4 is 49.3 Å². The van der Waals surface area contributed by atoms with Crippen LogP contribution >= 0.6 is 27.3 Å². The van der Waals surface area contributed by atoms with Crippen LogP contribution in [0.25, 0.3) is 11.0 Å². The first kappa shape index (κ1) is 18.1. The van der Waals surface area contributed by atoms with Crippen LogP contribution in [0.4, 0.5) is 5.13 Å². The van der Waals surface area contributed by atoms with Crippen molar-refractivity contribution in [3.8, 4) is 0 Å². The fourth-order valence-corrected chi connectivity index (χ4v) is 4.61. The third-order valence-electron chi connectivity index (χ3n) is 4.76. The number of pyridine rings is 1. The van der Waals surface area contributed by atoms with E-state index in [2.05, 4.69) is 31.1 Å². The molecule has 0 N–H and O–H groups in total. The van der Waals surface area contributed by atoms with Crippen LogP contribution in [0.15, 0.2) is 56.3 Å². The van der Waals surface area contributed by atoms with Gasteiger partial charge in [0.2, 0.25) is 10.9 Å². The van der Waals surface area contributed by atoms with Gasteiger partial charge >= 0.3 is 0 Å². The number of benzene rings is 1. The number of anilines is 1. The average Bonchev–Trinajstić information content (AvgIpc) is 3.32. The SMILES string of the molecule is CCc1nnc(N2C(=O)c3oc4ccc(Br)cc4c(=O)c3C2c2ccccn2)s1. The van der Waals surface area contributed by atoms with E-state index in [1.54, 1.807) is 36.5 Å². The van der Waals surface area contributed by atoms with Crippen molar-refractivity contribution in [2.45, 2.75) is 19.4 Å². The molecule has 1 unspecified atom stereocenters. The first-order chi connectivity index (χ1) is 14.1. The summed E-state index contributed by atoms with van der Waals surface area (Å²) >= 11 is 4.71. The Balaban J connectivity index is 1.81. The van der Waals surface area contributed by atoms with E-state index in [0.717, 1.165) is 9.48 Å². The highest BCUT2D eigenvalue weighted by atomic mass is 79.9. The van der Waals surface area contributed by atoms with Crippen LogP contribution in [0, 0.1) is 0 Å². The molecule has 0 radical (unpaired) electrons. The van der Waals surface area contributed by atoms with Gasteiger partial charge in [-0.05, 0) is 36.8 Å². The predicted octanol–water partition coefficient (Wildman–Crippen LogP) is 4.11. The number of carbonyl (C=O) groups excluding carboxylic acids is 1. The Bertz CT molecular complexity index is 1320. The summed E-state index contributed by atoms with van der Waals surface area (Å²) in [7, 11) is 0. The van der Waals surface area contributed by atoms with Gasteiger partial charge in [0.25, 0.3) is 5.91 Å². The van der Waals surface area contributed by atoms with Crippen molar-refractivity contribution in [3.63, 3.8) is 0 Å². The molecule has 4 aromatic rings. The summed E-state index contributed by atoms with van der Waals surface area (Å²) < 4.78 is 6.66. The van der Waals surface area contributed by atoms with E-state index in [9.17, 15) is 9.59 Å². The standard InChI is InChI=1S/C20H13BrN4O3S/c1-2-14-23-24-20(29-14)25-16(12-5-3-4-8-22-12)15-17(26)11-9-10(21)6-7-13(11)28-18(15)19(25)27/h3-9,16H,2H2,1H3. The normalized spacial score (nSPS) is 15.9. The van der Waals surface area contributed by atoms with Gasteiger partial charge in [0.15, 0.2) is 5.43 Å². The highest BCUT2D eigenvalue weighted by Crippen LogP contribution is 2.41. The molecule has 9 heteroatoms. The molecule has 0 spiro atoms. The third-order valence-corrected chi connectivity index (χ3v) is 6.32. The average molecular weight is 469 g/mol. The van der Waals surface area contributed by atoms with Crippen molar-refractivity contribution in [1.82, 2.24) is 15.2 Å². The maximum absolute atomic E-state index is 13.4. The lowest BCUT2D eigenvalue weighted by molar-refractivity contribution is 0.0970. The molecule has 1 aliphatic rings. The van der Waals surface area contributed by atoms with Gasteiger partial charge in [0, 0.05) is 10.7 Å². The molecule has 0 aliphatic carbocycles. The number of hydrogen-bond acceptors (Lipinski definition) is 7. The van der Waals surface area contributed by atoms with E-state index in [1.165, 1.54) is 16.2 Å². The second kappa shape index (κ2) is 6.85. The molecule has 1 amide bonds. The van der Waals surface area contributed by atoms with Gasteiger partial charge in [-0.2, -0.15) is 0 Å². The molecule has 0 bridgehead atoms. The van der Waals surface area contributed by atoms with E-state index < -0.39 is 11.9 Å². The molecule has 5 rings (SSSR count). The van der Waals surface area contributed by atoms with E-state index >= 15 is 0 Å². The van der Waals surface area contributed by atoms with Gasteiger partial charge in [-0.3, -0.25) is 19.5 Å². The van der Waals surface area contributed by atoms with Crippen molar-refractivity contribution in [3.05, 3.63) is 79.3 Å². The quantitative estimate of drug-likeness (QED) is 0.449. The zero-order chi connectivity index (χ0) is 20.1. The molecule has 1 aromatic carbocycles. The van der Waals surface area contributed by atoms with E-state index in [1.807, 2.05) is 13.0 Å². The molecular weight excluding hydrogens is 456 g/mol. The number of carbonyl (C=O) groups is 1. The fourth-order valence-electron chi connectivity index (χ4n) is 3.44. The molecule has 4 heterocycles. The Hall–Kier alpha value is -2.91. The Morgan fingerprint density at radius 2 is 2.07 bits per heavy atom. The number of aromatic nitrogens is 3. The van der Waals surface area contributed by atoms with Crippen LogP contribution in [0.3, 0.4) is 0 Å². The largest absolute Gasteiger partial charge is 0.450 e. The fraction of sp³-hybridized carbons (Fsp3) is 0.150. The molecule has 1 atom stereocenters. The van der Waals surface area contributed by atoms with Gasteiger partial charge in [0.1, 0.15) is 16.6 Å². The summed E-state index contributed by atoms with van der Waals surface area (Å²) in [6.45, 7) is 1.97. The lowest BCUT2D eigenvalue weighted by atomic mass is 10.0. The maximum atomic E-state index is 13.4. The number of nitrogens with zero attached hydrogens (tertiary/aromatic N) is 4. The summed E-state index contributed by atoms with van der Waals surface area (Å²) in [6, 6.07) is 9.80. The van der Waals surface area contributed by atoms with Gasteiger partial charge in [-0.1, -0.05) is 40.3 Å². The summed E-state index contributed by atoms with van der Waals surface area (Å²) in [6.07, 6.45) is 2.34. The lowest BCUT2D eigenvalue weighted by Gasteiger charge is -2.20. The number of halogens is 1. The van der Waals surface area contributed by atoms with Crippen molar-refractivity contribution < 1.29 is 9.21 Å². The van der Waals surface area contributed by atoms with E-state index in [-0.39, 0.29) is 16.8 Å². The summed E-state index contributed by atoms with van der Waals surface area (Å²) in [5.74, 6) is -0.398. The van der Waals surface area contributed by atoms with Crippen LogP contribution in [0.5, 0.6) is 0 Å². The smallest absolute Gasteiger partial charge is 0.297 e. The number of amides is 1. The summed E-state index contributed by atoms with van der Waals surface area (Å²) in [5, 5.41) is 9.94. The molecule has 1 aliphatic heterocycles. The number of aryl methyl sites for hydroxylation is 1. The second-order valence-corrected chi connectivity index (χ2v) is 8.43. The van der Waals surface area contributed by atoms with Crippen LogP contribution in [0.1, 0.15) is 39.8 Å². The van der Waals surface area contributed by atoms with Gasteiger partial charge in [0.05, 0.1) is 16.6 Å². The maximum Gasteiger partial charge on any atom is 0.297 e. The first-order valence-electron chi connectivity index (χ1n) is 8.91. The van der Waals surface area contributed by atoms with Crippen molar-refractivity contribution in [2.24, 2.45) is 0 Å². The number of rotatable bonds is 3. The second-order valence-electron chi connectivity index (χ2n) is 6.48. The summed E-state index contributed by atoms with van der Waals surface area (Å²) in [5.41, 5.74) is 0.940. The monoisotopic (exact) mass is 468 g/mol. The molecular formula is C20H13BrN4O3S. The van der Waals surface area contributed by atoms with Crippen LogP contribution in [-0.2, 0) is 6.42 Å². The molecule has 0 saturated carbocycles. The van der Waals surface area contributed by atoms with E-state index in [4.69, 9.17) is 4.42 Å². The zero-order valence-corrected chi connectivity index (χ0v) is 17.5. The highest BCUT2D eigenvalue weighted by molar-refractivity contribution is 9.10. The highest BCUT2D eigenvalue weighted by Gasteiger charge is 2.45. The third kappa shape index (κ3) is 2.80. The Morgan fingerprint density at radius 1 is 1.21 bits per heavy atom.